The molecule has 0 unspecified atom stereocenters. The second-order valence-corrected chi connectivity index (χ2v) is 8.25. The summed E-state index contributed by atoms with van der Waals surface area (Å²) in [4.78, 5) is 27.3. The highest BCUT2D eigenvalue weighted by atomic mass is 19.1. The van der Waals surface area contributed by atoms with Gasteiger partial charge in [0.2, 0.25) is 5.91 Å². The molecule has 5 nitrogen and oxygen atoms in total. The molecule has 0 aromatic heterocycles. The number of nitrogens with one attached hydrogen (secondary N) is 1. The Bertz CT molecular complexity index is 917. The summed E-state index contributed by atoms with van der Waals surface area (Å²) in [6.45, 7) is -0.164. The molecule has 2 aliphatic heterocycles. The van der Waals surface area contributed by atoms with Gasteiger partial charge in [0.15, 0.2) is 6.61 Å². The standard InChI is InChI=1S/C24H26F2N2O3/c25-17-7-5-16(6-8-17)13-19-14-21-22(3-1-2-4-23(29)27-21)28(19)24(30)15-31-20-11-9-18(26)10-12-20/h5-12,19,21-22H,1-4,13-15H2,(H,27,29)/t19-,21+,22-/m1/s1. The summed E-state index contributed by atoms with van der Waals surface area (Å²) in [5.74, 6) is -0.396. The van der Waals surface area contributed by atoms with Crippen LogP contribution in [0.15, 0.2) is 48.5 Å². The normalized spacial score (nSPS) is 23.5. The van der Waals surface area contributed by atoms with Crippen LogP contribution < -0.4 is 10.1 Å². The van der Waals surface area contributed by atoms with Crippen molar-refractivity contribution in [2.75, 3.05) is 6.61 Å². The summed E-state index contributed by atoms with van der Waals surface area (Å²) in [5.41, 5.74) is 0.934. The molecule has 0 aliphatic carbocycles. The fraction of sp³-hybridized carbons (Fsp3) is 0.417. The third-order valence-electron chi connectivity index (χ3n) is 6.09. The summed E-state index contributed by atoms with van der Waals surface area (Å²) in [7, 11) is 0. The first-order valence-electron chi connectivity index (χ1n) is 10.7. The van der Waals surface area contributed by atoms with Gasteiger partial charge in [-0.3, -0.25) is 9.59 Å². The highest BCUT2D eigenvalue weighted by Crippen LogP contribution is 2.32. The van der Waals surface area contributed by atoms with Crippen LogP contribution >= 0.6 is 0 Å². The van der Waals surface area contributed by atoms with Crippen LogP contribution in [0.3, 0.4) is 0 Å². The van der Waals surface area contributed by atoms with E-state index in [1.807, 2.05) is 4.90 Å². The fourth-order valence-corrected chi connectivity index (χ4v) is 4.66. The smallest absolute Gasteiger partial charge is 0.261 e. The highest BCUT2D eigenvalue weighted by Gasteiger charge is 2.44. The Labute approximate surface area is 180 Å². The molecule has 31 heavy (non-hydrogen) atoms. The lowest BCUT2D eigenvalue weighted by Crippen LogP contribution is -2.50. The van der Waals surface area contributed by atoms with Crippen molar-refractivity contribution in [3.63, 3.8) is 0 Å². The number of carbonyl (C=O) groups is 2. The lowest BCUT2D eigenvalue weighted by atomic mass is 9.97. The monoisotopic (exact) mass is 428 g/mol. The summed E-state index contributed by atoms with van der Waals surface area (Å²) in [5, 5.41) is 3.10. The first-order chi connectivity index (χ1) is 15.0. The average molecular weight is 428 g/mol. The number of hydrogen-bond acceptors (Lipinski definition) is 3. The van der Waals surface area contributed by atoms with Gasteiger partial charge in [-0.05, 0) is 67.6 Å². The predicted molar refractivity (Wildman–Crippen MR) is 111 cm³/mol. The topological polar surface area (TPSA) is 58.6 Å². The molecular weight excluding hydrogens is 402 g/mol. The van der Waals surface area contributed by atoms with Gasteiger partial charge in [-0.2, -0.15) is 0 Å². The largest absolute Gasteiger partial charge is 0.484 e. The maximum atomic E-state index is 13.3. The molecule has 2 aromatic carbocycles. The number of carbonyl (C=O) groups excluding carboxylic acids is 2. The van der Waals surface area contributed by atoms with Gasteiger partial charge in [-0.25, -0.2) is 8.78 Å². The maximum Gasteiger partial charge on any atom is 0.261 e. The molecule has 3 atom stereocenters. The SMILES string of the molecule is O=C1CCCC[C@@H]2[C@H](C[C@@H](Cc3ccc(F)cc3)N2C(=O)COc2ccc(F)cc2)N1. The minimum absolute atomic E-state index is 0.0205. The van der Waals surface area contributed by atoms with Crippen molar-refractivity contribution in [3.05, 3.63) is 65.7 Å². The van der Waals surface area contributed by atoms with Crippen molar-refractivity contribution in [2.45, 2.75) is 56.7 Å². The minimum Gasteiger partial charge on any atom is -0.484 e. The summed E-state index contributed by atoms with van der Waals surface area (Å²) < 4.78 is 32.0. The van der Waals surface area contributed by atoms with Crippen LogP contribution in [0, 0.1) is 11.6 Å². The zero-order valence-corrected chi connectivity index (χ0v) is 17.2. The van der Waals surface area contributed by atoms with Crippen LogP contribution in [0.5, 0.6) is 5.75 Å². The number of hydrogen-bond donors (Lipinski definition) is 1. The zero-order valence-electron chi connectivity index (χ0n) is 17.2. The van der Waals surface area contributed by atoms with E-state index in [4.69, 9.17) is 4.74 Å². The number of fused-ring (bicyclic) bond motifs is 1. The third-order valence-corrected chi connectivity index (χ3v) is 6.09. The number of halogens is 2. The molecule has 0 saturated carbocycles. The molecular formula is C24H26F2N2O3. The van der Waals surface area contributed by atoms with Crippen molar-refractivity contribution in [3.8, 4) is 5.75 Å². The van der Waals surface area contributed by atoms with Crippen molar-refractivity contribution >= 4 is 11.8 Å². The Kier molecular flexibility index (Phi) is 6.49. The van der Waals surface area contributed by atoms with Crippen molar-refractivity contribution in [2.24, 2.45) is 0 Å². The van der Waals surface area contributed by atoms with Crippen LogP contribution in [0.25, 0.3) is 0 Å². The first-order valence-corrected chi connectivity index (χ1v) is 10.7. The van der Waals surface area contributed by atoms with E-state index in [0.29, 0.717) is 25.0 Å². The maximum absolute atomic E-state index is 13.3. The second kappa shape index (κ2) is 9.45. The Morgan fingerprint density at radius 2 is 1.71 bits per heavy atom. The third kappa shape index (κ3) is 5.21. The Hall–Kier alpha value is -2.96. The number of rotatable bonds is 5. The number of amides is 2. The molecule has 0 bridgehead atoms. The van der Waals surface area contributed by atoms with Crippen LogP contribution in [0.4, 0.5) is 8.78 Å². The van der Waals surface area contributed by atoms with Gasteiger partial charge in [0, 0.05) is 12.5 Å². The molecule has 7 heteroatoms. The number of likely N-dealkylation sites (tertiary alicyclic amines) is 1. The zero-order chi connectivity index (χ0) is 21.8. The van der Waals surface area contributed by atoms with Crippen LogP contribution in [0.1, 0.15) is 37.7 Å². The highest BCUT2D eigenvalue weighted by molar-refractivity contribution is 5.80. The summed E-state index contributed by atoms with van der Waals surface area (Å²) in [6, 6.07) is 11.5. The van der Waals surface area contributed by atoms with Crippen LogP contribution in [-0.2, 0) is 16.0 Å². The van der Waals surface area contributed by atoms with Crippen LogP contribution in [-0.4, -0.2) is 41.4 Å². The van der Waals surface area contributed by atoms with E-state index in [2.05, 4.69) is 5.32 Å². The number of nitrogens with zero attached hydrogens (tertiary/aromatic N) is 1. The average Bonchev–Trinajstić information content (AvgIpc) is 3.06. The molecule has 2 amide bonds. The molecule has 2 aliphatic rings. The Morgan fingerprint density at radius 3 is 2.42 bits per heavy atom. The van der Waals surface area contributed by atoms with E-state index < -0.39 is 0 Å². The van der Waals surface area contributed by atoms with E-state index in [1.165, 1.54) is 36.4 Å². The Balaban J connectivity index is 1.52. The fourth-order valence-electron chi connectivity index (χ4n) is 4.66. The van der Waals surface area contributed by atoms with Gasteiger partial charge < -0.3 is 15.0 Å². The van der Waals surface area contributed by atoms with E-state index in [0.717, 1.165) is 24.8 Å². The molecule has 2 saturated heterocycles. The summed E-state index contributed by atoms with van der Waals surface area (Å²) >= 11 is 0. The molecule has 2 aromatic rings. The number of benzene rings is 2. The van der Waals surface area contributed by atoms with Gasteiger partial charge in [0.05, 0.1) is 12.1 Å². The Morgan fingerprint density at radius 1 is 1.03 bits per heavy atom. The van der Waals surface area contributed by atoms with E-state index in [1.54, 1.807) is 12.1 Å². The van der Waals surface area contributed by atoms with Crippen molar-refractivity contribution in [1.29, 1.82) is 0 Å². The van der Waals surface area contributed by atoms with E-state index in [-0.39, 0.29) is 48.2 Å². The lowest BCUT2D eigenvalue weighted by molar-refractivity contribution is -0.137. The molecule has 164 valence electrons. The van der Waals surface area contributed by atoms with Gasteiger partial charge in [0.25, 0.3) is 5.91 Å². The van der Waals surface area contributed by atoms with Gasteiger partial charge in [-0.15, -0.1) is 0 Å². The van der Waals surface area contributed by atoms with Gasteiger partial charge in [-0.1, -0.05) is 18.6 Å². The van der Waals surface area contributed by atoms with Crippen LogP contribution in [0.2, 0.25) is 0 Å². The van der Waals surface area contributed by atoms with Crippen molar-refractivity contribution < 1.29 is 23.1 Å². The molecule has 2 fully saturated rings. The molecule has 1 N–H and O–H groups in total. The first kappa shape index (κ1) is 21.3. The van der Waals surface area contributed by atoms with Gasteiger partial charge in [0.1, 0.15) is 17.4 Å². The molecule has 4 rings (SSSR count). The lowest BCUT2D eigenvalue weighted by Gasteiger charge is -2.33. The predicted octanol–water partition coefficient (Wildman–Crippen LogP) is 3.61. The van der Waals surface area contributed by atoms with Gasteiger partial charge >= 0.3 is 0 Å². The molecule has 0 radical (unpaired) electrons. The quantitative estimate of drug-likeness (QED) is 0.792. The minimum atomic E-state index is -0.370. The van der Waals surface area contributed by atoms with E-state index in [9.17, 15) is 18.4 Å². The second-order valence-electron chi connectivity index (χ2n) is 8.25. The summed E-state index contributed by atoms with van der Waals surface area (Å²) in [6.07, 6.45) is 4.22. The molecule has 0 spiro atoms. The van der Waals surface area contributed by atoms with Crippen molar-refractivity contribution in [1.82, 2.24) is 10.2 Å². The number of ether oxygens (including phenoxy) is 1. The van der Waals surface area contributed by atoms with E-state index >= 15 is 0 Å². The molecule has 2 heterocycles.